The molecule has 114 valence electrons. The van der Waals surface area contributed by atoms with Crippen molar-refractivity contribution in [2.75, 3.05) is 0 Å². The van der Waals surface area contributed by atoms with Gasteiger partial charge in [-0.3, -0.25) is 4.79 Å². The first-order chi connectivity index (χ1) is 10.3. The molecule has 0 saturated heterocycles. The van der Waals surface area contributed by atoms with E-state index >= 15 is 0 Å². The van der Waals surface area contributed by atoms with Crippen LogP contribution in [0, 0.1) is 17.2 Å². The predicted octanol–water partition coefficient (Wildman–Crippen LogP) is 3.74. The summed E-state index contributed by atoms with van der Waals surface area (Å²) in [4.78, 5) is 10.9. The average Bonchev–Trinajstić information content (AvgIpc) is 2.47. The number of halogens is 4. The topological polar surface area (TPSA) is 50.1 Å². The number of benzene rings is 1. The van der Waals surface area contributed by atoms with Crippen LogP contribution >= 0.6 is 0 Å². The molecule has 1 aliphatic carbocycles. The Bertz CT molecular complexity index is 688. The molecule has 0 radical (unpaired) electrons. The number of para-hydroxylation sites is 1. The van der Waals surface area contributed by atoms with E-state index in [1.165, 1.54) is 24.3 Å². The summed E-state index contributed by atoms with van der Waals surface area (Å²) < 4.78 is 58.4. The zero-order valence-corrected chi connectivity index (χ0v) is 11.0. The maximum Gasteiger partial charge on any atom is 0.433 e. The Morgan fingerprint density at radius 2 is 1.95 bits per heavy atom. The number of hydrogen-bond acceptors (Lipinski definition) is 3. The van der Waals surface area contributed by atoms with Gasteiger partial charge in [0.25, 0.3) is 0 Å². The molecule has 22 heavy (non-hydrogen) atoms. The molecule has 1 aliphatic rings. The van der Waals surface area contributed by atoms with Gasteiger partial charge in [0.15, 0.2) is 0 Å². The highest BCUT2D eigenvalue weighted by atomic mass is 19.4. The Kier molecular flexibility index (Phi) is 4.04. The molecule has 0 aromatic heterocycles. The lowest BCUT2D eigenvalue weighted by molar-refractivity contribution is -0.237. The summed E-state index contributed by atoms with van der Waals surface area (Å²) in [6.45, 7) is 0. The van der Waals surface area contributed by atoms with E-state index in [0.717, 1.165) is 24.3 Å². The zero-order valence-electron chi connectivity index (χ0n) is 11.0. The number of hydrogen-bond donors (Lipinski definition) is 0. The van der Waals surface area contributed by atoms with Gasteiger partial charge in [0, 0.05) is 0 Å². The van der Waals surface area contributed by atoms with Gasteiger partial charge in [0.2, 0.25) is 5.60 Å². The van der Waals surface area contributed by atoms with Crippen LogP contribution in [0.3, 0.4) is 0 Å². The molecule has 0 spiro atoms. The first kappa shape index (κ1) is 15.8. The quantitative estimate of drug-likeness (QED) is 0.631. The van der Waals surface area contributed by atoms with Crippen molar-refractivity contribution < 1.29 is 27.1 Å². The van der Waals surface area contributed by atoms with E-state index in [9.17, 15) is 22.4 Å². The molecule has 0 aliphatic heterocycles. The molecule has 0 N–H and O–H groups in total. The molecule has 3 nitrogen and oxygen atoms in total. The lowest BCUT2D eigenvalue weighted by Gasteiger charge is -2.37. The van der Waals surface area contributed by atoms with Gasteiger partial charge in [-0.1, -0.05) is 30.4 Å². The number of nitriles is 1. The van der Waals surface area contributed by atoms with Crippen molar-refractivity contribution in [3.8, 4) is 11.8 Å². The Morgan fingerprint density at radius 1 is 1.27 bits per heavy atom. The standard InChI is InChI=1S/C15H9F4NO2/c16-13(21)11-6-1-2-7-12(11)22-14(15(17,18)19)8-4-3-5-10(14)9-20/h1-8,10H. The third-order valence-corrected chi connectivity index (χ3v) is 3.18. The number of carbonyl (C=O) groups is 1. The van der Waals surface area contributed by atoms with E-state index in [-0.39, 0.29) is 0 Å². The minimum Gasteiger partial charge on any atom is -0.471 e. The normalized spacial score (nSPS) is 23.9. The summed E-state index contributed by atoms with van der Waals surface area (Å²) in [7, 11) is 0. The molecular weight excluding hydrogens is 302 g/mol. The van der Waals surface area contributed by atoms with Crippen LogP contribution in [0.15, 0.2) is 48.6 Å². The zero-order chi connectivity index (χ0) is 16.4. The van der Waals surface area contributed by atoms with E-state index < -0.39 is 35.0 Å². The molecule has 7 heteroatoms. The molecule has 1 aromatic rings. The lowest BCUT2D eigenvalue weighted by Crippen LogP contribution is -2.54. The van der Waals surface area contributed by atoms with Crippen molar-refractivity contribution in [3.63, 3.8) is 0 Å². The molecule has 0 heterocycles. The fourth-order valence-corrected chi connectivity index (χ4v) is 2.09. The average molecular weight is 311 g/mol. The van der Waals surface area contributed by atoms with Crippen molar-refractivity contribution in [2.45, 2.75) is 11.8 Å². The number of nitrogens with zero attached hydrogens (tertiary/aromatic N) is 1. The van der Waals surface area contributed by atoms with Crippen molar-refractivity contribution in [2.24, 2.45) is 5.92 Å². The Hall–Kier alpha value is -2.62. The number of ether oxygens (including phenoxy) is 1. The van der Waals surface area contributed by atoms with Gasteiger partial charge in [-0.2, -0.15) is 22.8 Å². The first-order valence-corrected chi connectivity index (χ1v) is 6.12. The monoisotopic (exact) mass is 311 g/mol. The lowest BCUT2D eigenvalue weighted by atomic mass is 9.83. The van der Waals surface area contributed by atoms with Gasteiger partial charge in [-0.05, 0) is 18.2 Å². The number of rotatable bonds is 3. The summed E-state index contributed by atoms with van der Waals surface area (Å²) in [6, 6.07) is 4.23. The molecule has 1 aromatic carbocycles. The highest BCUT2D eigenvalue weighted by molar-refractivity contribution is 5.91. The smallest absolute Gasteiger partial charge is 0.433 e. The van der Waals surface area contributed by atoms with E-state index in [4.69, 9.17) is 10.00 Å². The maximum atomic E-state index is 13.5. The van der Waals surface area contributed by atoms with Crippen LogP contribution < -0.4 is 4.74 Å². The Balaban J connectivity index is 2.55. The second-order valence-electron chi connectivity index (χ2n) is 4.51. The van der Waals surface area contributed by atoms with Crippen molar-refractivity contribution in [1.82, 2.24) is 0 Å². The van der Waals surface area contributed by atoms with Crippen LogP contribution in [0.2, 0.25) is 0 Å². The van der Waals surface area contributed by atoms with E-state index in [1.807, 2.05) is 0 Å². The number of carbonyl (C=O) groups excluding carboxylic acids is 1. The van der Waals surface area contributed by atoms with Crippen LogP contribution in [0.5, 0.6) is 5.75 Å². The maximum absolute atomic E-state index is 13.5. The highest BCUT2D eigenvalue weighted by Gasteiger charge is 2.61. The summed E-state index contributed by atoms with van der Waals surface area (Å²) in [5.74, 6) is -2.24. The third-order valence-electron chi connectivity index (χ3n) is 3.18. The fraction of sp³-hybridized carbons (Fsp3) is 0.200. The molecule has 2 rings (SSSR count). The van der Waals surface area contributed by atoms with Gasteiger partial charge < -0.3 is 4.74 Å². The minimum absolute atomic E-state index is 0.576. The predicted molar refractivity (Wildman–Crippen MR) is 68.7 cm³/mol. The van der Waals surface area contributed by atoms with Crippen LogP contribution in [-0.2, 0) is 0 Å². The largest absolute Gasteiger partial charge is 0.471 e. The molecular formula is C15H9F4NO2. The van der Waals surface area contributed by atoms with E-state index in [2.05, 4.69) is 0 Å². The molecule has 0 amide bonds. The SMILES string of the molecule is N#CC1C=CC=CC1(Oc1ccccc1C(=O)F)C(F)(F)F. The van der Waals surface area contributed by atoms with E-state index in [1.54, 1.807) is 0 Å². The number of alkyl halides is 3. The Labute approximate surface area is 123 Å². The minimum atomic E-state index is -4.94. The van der Waals surface area contributed by atoms with Crippen molar-refractivity contribution in [1.29, 1.82) is 5.26 Å². The Morgan fingerprint density at radius 3 is 2.55 bits per heavy atom. The summed E-state index contributed by atoms with van der Waals surface area (Å²) in [5.41, 5.74) is -3.62. The molecule has 2 unspecified atom stereocenters. The highest BCUT2D eigenvalue weighted by Crippen LogP contribution is 2.44. The van der Waals surface area contributed by atoms with Crippen LogP contribution in [-0.4, -0.2) is 17.8 Å². The van der Waals surface area contributed by atoms with Gasteiger partial charge in [-0.15, -0.1) is 0 Å². The molecule has 0 bridgehead atoms. The molecule has 0 saturated carbocycles. The molecule has 0 fully saturated rings. The van der Waals surface area contributed by atoms with Gasteiger partial charge in [-0.25, -0.2) is 0 Å². The van der Waals surface area contributed by atoms with Crippen LogP contribution in [0.4, 0.5) is 17.6 Å². The second-order valence-corrected chi connectivity index (χ2v) is 4.51. The van der Waals surface area contributed by atoms with Crippen LogP contribution in [0.25, 0.3) is 0 Å². The van der Waals surface area contributed by atoms with Gasteiger partial charge in [0.05, 0.1) is 11.6 Å². The number of allylic oxidation sites excluding steroid dienone is 2. The van der Waals surface area contributed by atoms with Gasteiger partial charge in [0.1, 0.15) is 11.7 Å². The summed E-state index contributed by atoms with van der Waals surface area (Å²) in [5, 5.41) is 8.99. The van der Waals surface area contributed by atoms with Gasteiger partial charge >= 0.3 is 12.2 Å². The fourth-order valence-electron chi connectivity index (χ4n) is 2.09. The van der Waals surface area contributed by atoms with E-state index in [0.29, 0.717) is 6.08 Å². The molecule has 2 atom stereocenters. The third kappa shape index (κ3) is 2.60. The first-order valence-electron chi connectivity index (χ1n) is 6.12. The van der Waals surface area contributed by atoms with Crippen LogP contribution in [0.1, 0.15) is 10.4 Å². The summed E-state index contributed by atoms with van der Waals surface area (Å²) >= 11 is 0. The summed E-state index contributed by atoms with van der Waals surface area (Å²) in [6.07, 6.45) is -0.858. The second kappa shape index (κ2) is 5.64. The van der Waals surface area contributed by atoms with Crippen molar-refractivity contribution >= 4 is 6.04 Å². The van der Waals surface area contributed by atoms with Crippen molar-refractivity contribution in [3.05, 3.63) is 54.1 Å².